The highest BCUT2D eigenvalue weighted by Crippen LogP contribution is 2.23. The van der Waals surface area contributed by atoms with E-state index in [0.29, 0.717) is 45.8 Å². The lowest BCUT2D eigenvalue weighted by Crippen LogP contribution is -2.22. The molecule has 0 radical (unpaired) electrons. The number of hydrogen-bond donors (Lipinski definition) is 0. The van der Waals surface area contributed by atoms with E-state index in [1.54, 1.807) is 12.1 Å². The van der Waals surface area contributed by atoms with Crippen molar-refractivity contribution in [1.82, 2.24) is 24.7 Å². The van der Waals surface area contributed by atoms with Crippen LogP contribution in [0.5, 0.6) is 0 Å². The third kappa shape index (κ3) is 3.48. The van der Waals surface area contributed by atoms with Crippen molar-refractivity contribution < 1.29 is 4.52 Å². The topological polar surface area (TPSA) is 86.7 Å². The maximum atomic E-state index is 13.1. The van der Waals surface area contributed by atoms with Gasteiger partial charge in [-0.1, -0.05) is 42.0 Å². The van der Waals surface area contributed by atoms with Gasteiger partial charge >= 0.3 is 0 Å². The van der Waals surface area contributed by atoms with Crippen LogP contribution in [0, 0.1) is 6.92 Å². The summed E-state index contributed by atoms with van der Waals surface area (Å²) >= 11 is 1.37. The van der Waals surface area contributed by atoms with Crippen molar-refractivity contribution in [1.29, 1.82) is 0 Å². The summed E-state index contributed by atoms with van der Waals surface area (Å²) in [7, 11) is 0. The Hall–Kier alpha value is -3.00. The number of fused-ring (bicyclic) bond motifs is 1. The summed E-state index contributed by atoms with van der Waals surface area (Å²) in [5, 5.41) is 4.99. The SMILES string of the molecule is CCc1noc(CSc2nc3ccccc3c(=O)n2-c2cccc(C)n2)n1. The molecule has 0 unspecified atom stereocenters. The molecule has 3 aromatic heterocycles. The second-order valence-electron chi connectivity index (χ2n) is 5.94. The first kappa shape index (κ1) is 17.4. The van der Waals surface area contributed by atoms with Gasteiger partial charge in [0.1, 0.15) is 5.82 Å². The lowest BCUT2D eigenvalue weighted by molar-refractivity contribution is 0.385. The quantitative estimate of drug-likeness (QED) is 0.388. The summed E-state index contributed by atoms with van der Waals surface area (Å²) in [6.07, 6.45) is 0.709. The average Bonchev–Trinajstić information content (AvgIpc) is 3.14. The highest BCUT2D eigenvalue weighted by molar-refractivity contribution is 7.98. The number of aryl methyl sites for hydroxylation is 2. The highest BCUT2D eigenvalue weighted by Gasteiger charge is 2.16. The Bertz CT molecular complexity index is 1170. The Labute approximate surface area is 159 Å². The van der Waals surface area contributed by atoms with Gasteiger partial charge in [0.2, 0.25) is 5.89 Å². The van der Waals surface area contributed by atoms with E-state index >= 15 is 0 Å². The van der Waals surface area contributed by atoms with Crippen LogP contribution in [0.2, 0.25) is 0 Å². The minimum absolute atomic E-state index is 0.152. The molecule has 0 aliphatic heterocycles. The third-order valence-electron chi connectivity index (χ3n) is 4.00. The van der Waals surface area contributed by atoms with Crippen LogP contribution in [0.1, 0.15) is 24.3 Å². The van der Waals surface area contributed by atoms with Gasteiger partial charge in [0.15, 0.2) is 11.0 Å². The van der Waals surface area contributed by atoms with Crippen LogP contribution in [0.15, 0.2) is 56.9 Å². The van der Waals surface area contributed by atoms with E-state index in [-0.39, 0.29) is 5.56 Å². The standard InChI is InChI=1S/C19H17N5O2S/c1-3-15-22-17(26-23-15)11-27-19-21-14-9-5-4-8-13(14)18(25)24(19)16-10-6-7-12(2)20-16/h4-10H,3,11H2,1-2H3. The van der Waals surface area contributed by atoms with Gasteiger partial charge in [0.05, 0.1) is 16.7 Å². The first-order valence-corrected chi connectivity index (χ1v) is 9.54. The third-order valence-corrected chi connectivity index (χ3v) is 4.92. The minimum Gasteiger partial charge on any atom is -0.338 e. The molecule has 0 aliphatic rings. The number of aromatic nitrogens is 5. The molecule has 0 amide bonds. The lowest BCUT2D eigenvalue weighted by atomic mass is 10.2. The van der Waals surface area contributed by atoms with E-state index in [0.717, 1.165) is 5.69 Å². The molecule has 4 aromatic rings. The van der Waals surface area contributed by atoms with E-state index < -0.39 is 0 Å². The summed E-state index contributed by atoms with van der Waals surface area (Å²) < 4.78 is 6.79. The number of nitrogens with zero attached hydrogens (tertiary/aromatic N) is 5. The molecule has 1 aromatic carbocycles. The Kier molecular flexibility index (Phi) is 4.72. The van der Waals surface area contributed by atoms with Crippen LogP contribution in [0.3, 0.4) is 0 Å². The second-order valence-corrected chi connectivity index (χ2v) is 6.88. The van der Waals surface area contributed by atoms with Crippen molar-refractivity contribution in [2.24, 2.45) is 0 Å². The lowest BCUT2D eigenvalue weighted by Gasteiger charge is -2.12. The maximum absolute atomic E-state index is 13.1. The number of para-hydroxylation sites is 1. The van der Waals surface area contributed by atoms with Crippen molar-refractivity contribution >= 4 is 22.7 Å². The van der Waals surface area contributed by atoms with Crippen LogP contribution >= 0.6 is 11.8 Å². The molecule has 0 atom stereocenters. The Balaban J connectivity index is 1.82. The number of rotatable bonds is 5. The molecule has 7 nitrogen and oxygen atoms in total. The zero-order chi connectivity index (χ0) is 18.8. The largest absolute Gasteiger partial charge is 0.338 e. The zero-order valence-electron chi connectivity index (χ0n) is 14.9. The van der Waals surface area contributed by atoms with Gasteiger partial charge in [-0.2, -0.15) is 4.98 Å². The van der Waals surface area contributed by atoms with Gasteiger partial charge < -0.3 is 4.52 Å². The molecule has 27 heavy (non-hydrogen) atoms. The minimum atomic E-state index is -0.152. The summed E-state index contributed by atoms with van der Waals surface area (Å²) in [4.78, 5) is 26.6. The first-order chi connectivity index (χ1) is 13.2. The van der Waals surface area contributed by atoms with Crippen molar-refractivity contribution in [3.8, 4) is 5.82 Å². The molecule has 0 spiro atoms. The van der Waals surface area contributed by atoms with Crippen LogP contribution in [0.4, 0.5) is 0 Å². The molecule has 8 heteroatoms. The molecule has 0 fully saturated rings. The number of hydrogen-bond acceptors (Lipinski definition) is 7. The van der Waals surface area contributed by atoms with Crippen LogP contribution in [-0.4, -0.2) is 24.7 Å². The summed E-state index contributed by atoms with van der Waals surface area (Å²) in [6.45, 7) is 3.86. The highest BCUT2D eigenvalue weighted by atomic mass is 32.2. The summed E-state index contributed by atoms with van der Waals surface area (Å²) in [5.74, 6) is 2.13. The van der Waals surface area contributed by atoms with Crippen molar-refractivity contribution in [2.45, 2.75) is 31.2 Å². The second kappa shape index (κ2) is 7.32. The average molecular weight is 379 g/mol. The molecular weight excluding hydrogens is 362 g/mol. The zero-order valence-corrected chi connectivity index (χ0v) is 15.7. The molecule has 0 aliphatic carbocycles. The van der Waals surface area contributed by atoms with E-state index in [9.17, 15) is 4.79 Å². The predicted molar refractivity (Wildman–Crippen MR) is 103 cm³/mol. The van der Waals surface area contributed by atoms with Crippen LogP contribution < -0.4 is 5.56 Å². The molecule has 136 valence electrons. The summed E-state index contributed by atoms with van der Waals surface area (Å²) in [5.41, 5.74) is 1.32. The van der Waals surface area contributed by atoms with Crippen LogP contribution in [0.25, 0.3) is 16.7 Å². The van der Waals surface area contributed by atoms with Crippen LogP contribution in [-0.2, 0) is 12.2 Å². The van der Waals surface area contributed by atoms with Crippen molar-refractivity contribution in [2.75, 3.05) is 0 Å². The Morgan fingerprint density at radius 3 is 2.70 bits per heavy atom. The molecule has 0 bridgehead atoms. The Morgan fingerprint density at radius 1 is 1.07 bits per heavy atom. The molecule has 0 saturated heterocycles. The normalized spacial score (nSPS) is 11.2. The maximum Gasteiger partial charge on any atom is 0.267 e. The molecule has 0 N–H and O–H groups in total. The molecule has 3 heterocycles. The fourth-order valence-corrected chi connectivity index (χ4v) is 3.52. The fourth-order valence-electron chi connectivity index (χ4n) is 2.68. The number of thioether (sulfide) groups is 1. The monoisotopic (exact) mass is 379 g/mol. The van der Waals surface area contributed by atoms with Gasteiger partial charge in [-0.3, -0.25) is 4.79 Å². The van der Waals surface area contributed by atoms with Gasteiger partial charge in [0.25, 0.3) is 5.56 Å². The summed E-state index contributed by atoms with van der Waals surface area (Å²) in [6, 6.07) is 12.9. The molecular formula is C19H17N5O2S. The molecule has 4 rings (SSSR count). The molecule has 0 saturated carbocycles. The van der Waals surface area contributed by atoms with E-state index in [1.165, 1.54) is 16.3 Å². The van der Waals surface area contributed by atoms with Crippen molar-refractivity contribution in [3.05, 3.63) is 70.2 Å². The van der Waals surface area contributed by atoms with Gasteiger partial charge in [-0.15, -0.1) is 0 Å². The van der Waals surface area contributed by atoms with E-state index in [1.807, 2.05) is 44.2 Å². The predicted octanol–water partition coefficient (Wildman–Crippen LogP) is 3.33. The number of benzene rings is 1. The smallest absolute Gasteiger partial charge is 0.267 e. The number of pyridine rings is 1. The van der Waals surface area contributed by atoms with Gasteiger partial charge in [-0.05, 0) is 31.2 Å². The van der Waals surface area contributed by atoms with E-state index in [4.69, 9.17) is 4.52 Å². The Morgan fingerprint density at radius 2 is 1.93 bits per heavy atom. The van der Waals surface area contributed by atoms with Gasteiger partial charge in [0, 0.05) is 12.1 Å². The first-order valence-electron chi connectivity index (χ1n) is 8.56. The fraction of sp³-hybridized carbons (Fsp3) is 0.211. The van der Waals surface area contributed by atoms with Crippen molar-refractivity contribution in [3.63, 3.8) is 0 Å². The van der Waals surface area contributed by atoms with Gasteiger partial charge in [-0.25, -0.2) is 14.5 Å². The van der Waals surface area contributed by atoms with E-state index in [2.05, 4.69) is 20.1 Å².